The van der Waals surface area contributed by atoms with Crippen LogP contribution in [0.1, 0.15) is 23.7 Å². The third kappa shape index (κ3) is 2.69. The van der Waals surface area contributed by atoms with Gasteiger partial charge in [-0.2, -0.15) is 0 Å². The molecule has 0 radical (unpaired) electrons. The zero-order valence-corrected chi connectivity index (χ0v) is 10.3. The molecule has 3 N–H and O–H groups in total. The lowest BCUT2D eigenvalue weighted by Crippen LogP contribution is -1.98. The molecular formula is C15H16N2O. The topological polar surface area (TPSA) is 55.1 Å². The van der Waals surface area contributed by atoms with E-state index in [-0.39, 0.29) is 5.78 Å². The molecule has 0 spiro atoms. The Balaban J connectivity index is 2.16. The Morgan fingerprint density at radius 2 is 1.78 bits per heavy atom. The molecule has 3 heteroatoms. The summed E-state index contributed by atoms with van der Waals surface area (Å²) in [6.07, 6.45) is 0.526. The van der Waals surface area contributed by atoms with Gasteiger partial charge in [-0.3, -0.25) is 4.79 Å². The molecule has 0 saturated carbocycles. The molecule has 0 saturated heterocycles. The number of rotatable bonds is 4. The molecule has 0 bridgehead atoms. The fourth-order valence-electron chi connectivity index (χ4n) is 1.71. The van der Waals surface area contributed by atoms with E-state index in [0.717, 1.165) is 16.9 Å². The number of hydrogen-bond donors (Lipinski definition) is 2. The van der Waals surface area contributed by atoms with Crippen molar-refractivity contribution in [3.63, 3.8) is 0 Å². The van der Waals surface area contributed by atoms with Gasteiger partial charge in [-0.25, -0.2) is 0 Å². The molecule has 0 amide bonds. The van der Waals surface area contributed by atoms with Crippen LogP contribution >= 0.6 is 0 Å². The molecule has 0 aliphatic carbocycles. The molecule has 2 rings (SSSR count). The van der Waals surface area contributed by atoms with Crippen molar-refractivity contribution < 1.29 is 4.79 Å². The number of para-hydroxylation sites is 2. The summed E-state index contributed by atoms with van der Waals surface area (Å²) in [5, 5.41) is 3.22. The summed E-state index contributed by atoms with van der Waals surface area (Å²) in [4.78, 5) is 11.5. The Bertz CT molecular complexity index is 547. The highest BCUT2D eigenvalue weighted by Gasteiger charge is 2.03. The van der Waals surface area contributed by atoms with Gasteiger partial charge in [-0.15, -0.1) is 0 Å². The number of carbonyl (C=O) groups is 1. The first-order valence-corrected chi connectivity index (χ1v) is 5.95. The van der Waals surface area contributed by atoms with Crippen molar-refractivity contribution in [3.05, 3.63) is 54.1 Å². The van der Waals surface area contributed by atoms with Crippen molar-refractivity contribution in [3.8, 4) is 0 Å². The SMILES string of the molecule is CCC(=O)c1ccc(Nc2ccccc2N)cc1. The van der Waals surface area contributed by atoms with Gasteiger partial charge in [0.15, 0.2) is 5.78 Å². The van der Waals surface area contributed by atoms with Gasteiger partial charge in [0, 0.05) is 17.7 Å². The molecule has 3 nitrogen and oxygen atoms in total. The molecule has 0 fully saturated rings. The van der Waals surface area contributed by atoms with Crippen LogP contribution in [-0.2, 0) is 0 Å². The molecular weight excluding hydrogens is 224 g/mol. The Labute approximate surface area is 107 Å². The predicted molar refractivity (Wildman–Crippen MR) is 75.2 cm³/mol. The molecule has 0 aromatic heterocycles. The maximum atomic E-state index is 11.5. The van der Waals surface area contributed by atoms with Crippen molar-refractivity contribution in [1.82, 2.24) is 0 Å². The fraction of sp³-hybridized carbons (Fsp3) is 0.133. The molecule has 2 aromatic carbocycles. The molecule has 18 heavy (non-hydrogen) atoms. The van der Waals surface area contributed by atoms with Gasteiger partial charge in [0.2, 0.25) is 0 Å². The molecule has 0 atom stereocenters. The predicted octanol–water partition coefficient (Wildman–Crippen LogP) is 3.61. The highest BCUT2D eigenvalue weighted by atomic mass is 16.1. The van der Waals surface area contributed by atoms with Crippen LogP contribution in [0.4, 0.5) is 17.1 Å². The van der Waals surface area contributed by atoms with Crippen LogP contribution in [0.3, 0.4) is 0 Å². The van der Waals surface area contributed by atoms with E-state index in [1.54, 1.807) is 0 Å². The zero-order valence-electron chi connectivity index (χ0n) is 10.3. The van der Waals surface area contributed by atoms with Crippen LogP contribution in [-0.4, -0.2) is 5.78 Å². The number of nitrogen functional groups attached to an aromatic ring is 1. The maximum Gasteiger partial charge on any atom is 0.162 e. The van der Waals surface area contributed by atoms with E-state index in [0.29, 0.717) is 12.1 Å². The summed E-state index contributed by atoms with van der Waals surface area (Å²) in [6.45, 7) is 1.86. The first kappa shape index (κ1) is 12.2. The van der Waals surface area contributed by atoms with E-state index in [1.807, 2.05) is 55.5 Å². The van der Waals surface area contributed by atoms with Crippen LogP contribution in [0.2, 0.25) is 0 Å². The van der Waals surface area contributed by atoms with Crippen molar-refractivity contribution >= 4 is 22.8 Å². The highest BCUT2D eigenvalue weighted by molar-refractivity contribution is 5.96. The lowest BCUT2D eigenvalue weighted by Gasteiger charge is -2.09. The standard InChI is InChI=1S/C15H16N2O/c1-2-15(18)11-7-9-12(10-8-11)17-14-6-4-3-5-13(14)16/h3-10,17H,2,16H2,1H3. The smallest absolute Gasteiger partial charge is 0.162 e. The summed E-state index contributed by atoms with van der Waals surface area (Å²) < 4.78 is 0. The molecule has 0 heterocycles. The van der Waals surface area contributed by atoms with Gasteiger partial charge in [0.05, 0.1) is 11.4 Å². The van der Waals surface area contributed by atoms with Gasteiger partial charge in [-0.05, 0) is 36.4 Å². The van der Waals surface area contributed by atoms with Crippen LogP contribution in [0.25, 0.3) is 0 Å². The lowest BCUT2D eigenvalue weighted by molar-refractivity contribution is 0.0988. The first-order valence-electron chi connectivity index (χ1n) is 5.95. The summed E-state index contributed by atoms with van der Waals surface area (Å²) in [5.74, 6) is 0.153. The van der Waals surface area contributed by atoms with E-state index in [2.05, 4.69) is 5.32 Å². The number of nitrogens with two attached hydrogens (primary N) is 1. The summed E-state index contributed by atoms with van der Waals surface area (Å²) >= 11 is 0. The van der Waals surface area contributed by atoms with Gasteiger partial charge >= 0.3 is 0 Å². The molecule has 0 unspecified atom stereocenters. The van der Waals surface area contributed by atoms with Gasteiger partial charge in [0.25, 0.3) is 0 Å². The Hall–Kier alpha value is -2.29. The average Bonchev–Trinajstić information content (AvgIpc) is 2.41. The van der Waals surface area contributed by atoms with Crippen molar-refractivity contribution in [2.24, 2.45) is 0 Å². The largest absolute Gasteiger partial charge is 0.397 e. The quantitative estimate of drug-likeness (QED) is 0.634. The molecule has 92 valence electrons. The van der Waals surface area contributed by atoms with Crippen LogP contribution in [0, 0.1) is 0 Å². The minimum absolute atomic E-state index is 0.153. The van der Waals surface area contributed by atoms with Gasteiger partial charge < -0.3 is 11.1 Å². The molecule has 0 aliphatic heterocycles. The second-order valence-corrected chi connectivity index (χ2v) is 4.07. The first-order chi connectivity index (χ1) is 8.70. The Kier molecular flexibility index (Phi) is 3.63. The second kappa shape index (κ2) is 5.36. The third-order valence-corrected chi connectivity index (χ3v) is 2.77. The number of hydrogen-bond acceptors (Lipinski definition) is 3. The minimum atomic E-state index is 0.153. The molecule has 2 aromatic rings. The van der Waals surface area contributed by atoms with Gasteiger partial charge in [-0.1, -0.05) is 19.1 Å². The van der Waals surface area contributed by atoms with Crippen LogP contribution in [0.5, 0.6) is 0 Å². The minimum Gasteiger partial charge on any atom is -0.397 e. The van der Waals surface area contributed by atoms with E-state index in [1.165, 1.54) is 0 Å². The molecule has 0 aliphatic rings. The van der Waals surface area contributed by atoms with E-state index < -0.39 is 0 Å². The number of ketones is 1. The summed E-state index contributed by atoms with van der Waals surface area (Å²) in [7, 11) is 0. The zero-order chi connectivity index (χ0) is 13.0. The summed E-state index contributed by atoms with van der Waals surface area (Å²) in [5.41, 5.74) is 9.08. The highest BCUT2D eigenvalue weighted by Crippen LogP contribution is 2.22. The number of Topliss-reactive ketones (excluding diaryl/α,β-unsaturated/α-hetero) is 1. The van der Waals surface area contributed by atoms with Gasteiger partial charge in [0.1, 0.15) is 0 Å². The Morgan fingerprint density at radius 3 is 2.39 bits per heavy atom. The van der Waals surface area contributed by atoms with Crippen molar-refractivity contribution in [2.45, 2.75) is 13.3 Å². The van der Waals surface area contributed by atoms with Crippen molar-refractivity contribution in [2.75, 3.05) is 11.1 Å². The van der Waals surface area contributed by atoms with E-state index >= 15 is 0 Å². The number of benzene rings is 2. The number of carbonyl (C=O) groups excluding carboxylic acids is 1. The lowest BCUT2D eigenvalue weighted by atomic mass is 10.1. The van der Waals surface area contributed by atoms with E-state index in [9.17, 15) is 4.79 Å². The third-order valence-electron chi connectivity index (χ3n) is 2.77. The van der Waals surface area contributed by atoms with E-state index in [4.69, 9.17) is 5.73 Å². The second-order valence-electron chi connectivity index (χ2n) is 4.07. The fourth-order valence-corrected chi connectivity index (χ4v) is 1.71. The van der Waals surface area contributed by atoms with Crippen LogP contribution < -0.4 is 11.1 Å². The Morgan fingerprint density at radius 1 is 1.11 bits per heavy atom. The average molecular weight is 240 g/mol. The number of anilines is 3. The summed E-state index contributed by atoms with van der Waals surface area (Å²) in [6, 6.07) is 15.0. The monoisotopic (exact) mass is 240 g/mol. The number of nitrogens with one attached hydrogen (secondary N) is 1. The normalized spacial score (nSPS) is 10.1. The van der Waals surface area contributed by atoms with Crippen LogP contribution in [0.15, 0.2) is 48.5 Å². The maximum absolute atomic E-state index is 11.5. The van der Waals surface area contributed by atoms with Crippen molar-refractivity contribution in [1.29, 1.82) is 0 Å².